The lowest BCUT2D eigenvalue weighted by Crippen LogP contribution is -1.91. The number of benzene rings is 9. The van der Waals surface area contributed by atoms with Crippen LogP contribution in [0.4, 0.5) is 0 Å². The molecule has 0 aliphatic carbocycles. The van der Waals surface area contributed by atoms with Crippen molar-refractivity contribution in [2.75, 3.05) is 0 Å². The lowest BCUT2D eigenvalue weighted by molar-refractivity contribution is 1.64. The maximum Gasteiger partial charge on any atom is 0.0448 e. The van der Waals surface area contributed by atoms with Gasteiger partial charge in [0.25, 0.3) is 0 Å². The fourth-order valence-electron chi connectivity index (χ4n) is 8.35. The van der Waals surface area contributed by atoms with Crippen molar-refractivity contribution in [3.8, 4) is 33.4 Å². The predicted octanol–water partition coefficient (Wildman–Crippen LogP) is 14.9. The van der Waals surface area contributed by atoms with Crippen molar-refractivity contribution in [3.05, 3.63) is 170 Å². The van der Waals surface area contributed by atoms with Gasteiger partial charge in [-0.3, -0.25) is 0 Å². The van der Waals surface area contributed by atoms with Gasteiger partial charge in [0.2, 0.25) is 0 Å². The molecule has 11 rings (SSSR count). The van der Waals surface area contributed by atoms with Gasteiger partial charge in [0.1, 0.15) is 0 Å². The molecule has 0 aliphatic heterocycles. The fraction of sp³-hybridized carbons (Fsp3) is 0. The lowest BCUT2D eigenvalue weighted by atomic mass is 9.85. The number of rotatable bonds is 3. The summed E-state index contributed by atoms with van der Waals surface area (Å²) in [5.41, 5.74) is 7.64. The molecule has 0 saturated carbocycles. The van der Waals surface area contributed by atoms with Gasteiger partial charge >= 0.3 is 0 Å². The smallest absolute Gasteiger partial charge is 0.0448 e. The van der Waals surface area contributed by atoms with Crippen LogP contribution in [0.1, 0.15) is 0 Å². The van der Waals surface area contributed by atoms with Crippen molar-refractivity contribution in [2.24, 2.45) is 0 Å². The molecule has 0 aliphatic rings. The first-order valence-electron chi connectivity index (χ1n) is 17.1. The highest BCUT2D eigenvalue weighted by Gasteiger charge is 2.21. The molecule has 2 heteroatoms. The van der Waals surface area contributed by atoms with Crippen molar-refractivity contribution < 1.29 is 0 Å². The quantitative estimate of drug-likeness (QED) is 0.164. The third-order valence-electron chi connectivity index (χ3n) is 10.4. The second-order valence-electron chi connectivity index (χ2n) is 13.1. The maximum absolute atomic E-state index is 2.45. The highest BCUT2D eigenvalue weighted by Crippen LogP contribution is 2.50. The topological polar surface area (TPSA) is 0 Å². The van der Waals surface area contributed by atoms with E-state index >= 15 is 0 Å². The molecule has 50 heavy (non-hydrogen) atoms. The summed E-state index contributed by atoms with van der Waals surface area (Å²) in [4.78, 5) is 0. The number of hydrogen-bond acceptors (Lipinski definition) is 2. The summed E-state index contributed by atoms with van der Waals surface area (Å²) in [6, 6.07) is 63.0. The zero-order valence-electron chi connectivity index (χ0n) is 27.0. The second kappa shape index (κ2) is 10.9. The summed E-state index contributed by atoms with van der Waals surface area (Å²) < 4.78 is 5.42. The molecule has 0 atom stereocenters. The van der Waals surface area contributed by atoms with Crippen LogP contribution in [0.2, 0.25) is 0 Å². The van der Waals surface area contributed by atoms with E-state index in [1.54, 1.807) is 0 Å². The maximum atomic E-state index is 2.45. The van der Waals surface area contributed by atoms with Gasteiger partial charge in [0, 0.05) is 40.3 Å². The van der Waals surface area contributed by atoms with Crippen molar-refractivity contribution >= 4 is 95.3 Å². The zero-order chi connectivity index (χ0) is 32.8. The van der Waals surface area contributed by atoms with E-state index < -0.39 is 0 Å². The zero-order valence-corrected chi connectivity index (χ0v) is 28.6. The van der Waals surface area contributed by atoms with Crippen molar-refractivity contribution in [1.29, 1.82) is 0 Å². The van der Waals surface area contributed by atoms with E-state index in [1.807, 2.05) is 22.7 Å². The summed E-state index contributed by atoms with van der Waals surface area (Å²) in [5.74, 6) is 0. The summed E-state index contributed by atoms with van der Waals surface area (Å²) >= 11 is 3.85. The Morgan fingerprint density at radius 3 is 1.56 bits per heavy atom. The molecule has 0 saturated heterocycles. The number of fused-ring (bicyclic) bond motifs is 10. The van der Waals surface area contributed by atoms with Crippen molar-refractivity contribution in [1.82, 2.24) is 0 Å². The molecule has 2 aromatic heterocycles. The Hall–Kier alpha value is -5.80. The third-order valence-corrected chi connectivity index (χ3v) is 12.7. The van der Waals surface area contributed by atoms with Gasteiger partial charge in [-0.1, -0.05) is 146 Å². The van der Waals surface area contributed by atoms with Crippen LogP contribution in [0.3, 0.4) is 0 Å². The molecule has 0 unspecified atom stereocenters. The molecule has 232 valence electrons. The van der Waals surface area contributed by atoms with E-state index in [-0.39, 0.29) is 0 Å². The van der Waals surface area contributed by atoms with Gasteiger partial charge < -0.3 is 0 Å². The Balaban J connectivity index is 1.25. The first-order chi connectivity index (χ1) is 24.8. The van der Waals surface area contributed by atoms with E-state index in [2.05, 4.69) is 170 Å². The van der Waals surface area contributed by atoms with Crippen LogP contribution in [0, 0.1) is 0 Å². The van der Waals surface area contributed by atoms with Gasteiger partial charge in [-0.15, -0.1) is 22.7 Å². The first-order valence-corrected chi connectivity index (χ1v) is 18.7. The highest BCUT2D eigenvalue weighted by atomic mass is 32.1. The third kappa shape index (κ3) is 4.04. The fourth-order valence-corrected chi connectivity index (χ4v) is 10.8. The van der Waals surface area contributed by atoms with Crippen LogP contribution in [0.15, 0.2) is 170 Å². The highest BCUT2D eigenvalue weighted by molar-refractivity contribution is 7.30. The Labute approximate surface area is 297 Å². The Morgan fingerprint density at radius 2 is 0.840 bits per heavy atom. The van der Waals surface area contributed by atoms with E-state index in [0.717, 1.165) is 0 Å². The Kier molecular flexibility index (Phi) is 6.09. The second-order valence-corrected chi connectivity index (χ2v) is 15.3. The minimum atomic E-state index is 1.24. The summed E-state index contributed by atoms with van der Waals surface area (Å²) in [7, 11) is 0. The van der Waals surface area contributed by atoms with Gasteiger partial charge in [0.15, 0.2) is 0 Å². The predicted molar refractivity (Wildman–Crippen MR) is 221 cm³/mol. The van der Waals surface area contributed by atoms with Crippen LogP contribution in [0.5, 0.6) is 0 Å². The van der Waals surface area contributed by atoms with Crippen molar-refractivity contribution in [3.63, 3.8) is 0 Å². The molecule has 11 aromatic rings. The van der Waals surface area contributed by atoms with E-state index in [1.165, 1.54) is 106 Å². The SMILES string of the molecule is c1ccc(-c2c3ccccc3c(-c3cccc(-c4c5ccccc5cc5sc6ccc7c8ccccc8sc7c6c45)c3)c3ccccc23)cc1. The molecule has 0 bridgehead atoms. The van der Waals surface area contributed by atoms with Gasteiger partial charge in [0.05, 0.1) is 0 Å². The first kappa shape index (κ1) is 28.1. The molecule has 0 nitrogen and oxygen atoms in total. The van der Waals surface area contributed by atoms with Gasteiger partial charge in [-0.05, 0) is 90.0 Å². The van der Waals surface area contributed by atoms with Crippen LogP contribution in [-0.4, -0.2) is 0 Å². The Morgan fingerprint density at radius 1 is 0.280 bits per heavy atom. The molecular formula is C48H28S2. The summed E-state index contributed by atoms with van der Waals surface area (Å²) in [6.07, 6.45) is 0. The average molecular weight is 669 g/mol. The van der Waals surface area contributed by atoms with E-state index in [4.69, 9.17) is 0 Å². The van der Waals surface area contributed by atoms with Gasteiger partial charge in [-0.25, -0.2) is 0 Å². The molecule has 0 fully saturated rings. The molecule has 0 amide bonds. The molecule has 0 radical (unpaired) electrons. The standard InChI is InChI=1S/C48H28S2/c1-2-13-29(14-3-1)43-35-20-6-8-22-37(35)44(38-23-9-7-21-36(38)43)31-16-12-17-32(27-31)45-33-18-5-4-15-30(33)28-42-46(45)47-41(49-42)26-25-39-34-19-10-11-24-40(34)50-48(39)47/h1-28H. The summed E-state index contributed by atoms with van der Waals surface area (Å²) in [5, 5.41) is 13.1. The molecular weight excluding hydrogens is 641 g/mol. The van der Waals surface area contributed by atoms with Crippen LogP contribution in [0.25, 0.3) is 106 Å². The van der Waals surface area contributed by atoms with Gasteiger partial charge in [-0.2, -0.15) is 0 Å². The molecule has 9 aromatic carbocycles. The van der Waals surface area contributed by atoms with Crippen molar-refractivity contribution in [2.45, 2.75) is 0 Å². The average Bonchev–Trinajstić information content (AvgIpc) is 3.74. The number of hydrogen-bond donors (Lipinski definition) is 0. The minimum Gasteiger partial charge on any atom is -0.135 e. The normalized spacial score (nSPS) is 12.0. The summed E-state index contributed by atoms with van der Waals surface area (Å²) in [6.45, 7) is 0. The number of thiophene rings is 2. The van der Waals surface area contributed by atoms with Crippen LogP contribution >= 0.6 is 22.7 Å². The molecule has 0 spiro atoms. The van der Waals surface area contributed by atoms with E-state index in [9.17, 15) is 0 Å². The monoisotopic (exact) mass is 668 g/mol. The Bertz CT molecular complexity index is 3080. The lowest BCUT2D eigenvalue weighted by Gasteiger charge is -2.18. The largest absolute Gasteiger partial charge is 0.135 e. The molecule has 0 N–H and O–H groups in total. The van der Waals surface area contributed by atoms with Crippen LogP contribution in [-0.2, 0) is 0 Å². The van der Waals surface area contributed by atoms with E-state index in [0.29, 0.717) is 0 Å². The molecule has 2 heterocycles. The minimum absolute atomic E-state index is 1.24. The van der Waals surface area contributed by atoms with Crippen LogP contribution < -0.4 is 0 Å².